The van der Waals surface area contributed by atoms with Crippen LogP contribution in [-0.4, -0.2) is 48.1 Å². The molecule has 5 nitrogen and oxygen atoms in total. The molecule has 0 bridgehead atoms. The average molecular weight is 254 g/mol. The van der Waals surface area contributed by atoms with Crippen LogP contribution in [0.5, 0.6) is 0 Å². The van der Waals surface area contributed by atoms with E-state index in [1.165, 1.54) is 0 Å². The fourth-order valence-corrected chi connectivity index (χ4v) is 2.98. The highest BCUT2D eigenvalue weighted by atomic mass is 16.3. The molecule has 3 unspecified atom stereocenters. The highest BCUT2D eigenvalue weighted by molar-refractivity contribution is 5.86. The quantitative estimate of drug-likeness (QED) is 0.752. The van der Waals surface area contributed by atoms with Crippen molar-refractivity contribution in [1.29, 1.82) is 0 Å². The van der Waals surface area contributed by atoms with E-state index in [9.17, 15) is 14.7 Å². The van der Waals surface area contributed by atoms with Gasteiger partial charge in [0, 0.05) is 38.4 Å². The van der Waals surface area contributed by atoms with Crippen LogP contribution in [0, 0.1) is 11.8 Å². The summed E-state index contributed by atoms with van der Waals surface area (Å²) in [5, 5.41) is 12.5. The molecule has 2 N–H and O–H groups in total. The second-order valence-electron chi connectivity index (χ2n) is 5.52. The molecule has 1 saturated carbocycles. The zero-order chi connectivity index (χ0) is 13.1. The lowest BCUT2D eigenvalue weighted by Gasteiger charge is -2.29. The van der Waals surface area contributed by atoms with Crippen LogP contribution in [0.15, 0.2) is 0 Å². The zero-order valence-corrected chi connectivity index (χ0v) is 10.9. The van der Waals surface area contributed by atoms with Gasteiger partial charge < -0.3 is 15.3 Å². The molecule has 0 spiro atoms. The topological polar surface area (TPSA) is 69.6 Å². The Labute approximate surface area is 108 Å². The third-order valence-electron chi connectivity index (χ3n) is 4.10. The smallest absolute Gasteiger partial charge is 0.226 e. The second kappa shape index (κ2) is 5.69. The SMILES string of the molecule is CN(CC1CCCC1O)C(=O)C1CCNC(=O)C1. The number of piperidine rings is 1. The molecular weight excluding hydrogens is 232 g/mol. The molecule has 2 fully saturated rings. The fraction of sp³-hybridized carbons (Fsp3) is 0.846. The first-order chi connectivity index (χ1) is 8.58. The number of hydrogen-bond donors (Lipinski definition) is 2. The van der Waals surface area contributed by atoms with Crippen LogP contribution in [-0.2, 0) is 9.59 Å². The van der Waals surface area contributed by atoms with Crippen LogP contribution in [0.2, 0.25) is 0 Å². The van der Waals surface area contributed by atoms with Crippen LogP contribution in [0.1, 0.15) is 32.1 Å². The van der Waals surface area contributed by atoms with Crippen molar-refractivity contribution in [3.8, 4) is 0 Å². The van der Waals surface area contributed by atoms with Crippen LogP contribution in [0.3, 0.4) is 0 Å². The molecule has 0 aromatic heterocycles. The van der Waals surface area contributed by atoms with Gasteiger partial charge in [-0.25, -0.2) is 0 Å². The normalized spacial score (nSPS) is 32.1. The van der Waals surface area contributed by atoms with Crippen molar-refractivity contribution in [3.63, 3.8) is 0 Å². The Bertz CT molecular complexity index is 332. The molecule has 0 radical (unpaired) electrons. The molecule has 2 aliphatic rings. The Morgan fingerprint density at radius 2 is 2.22 bits per heavy atom. The van der Waals surface area contributed by atoms with E-state index >= 15 is 0 Å². The van der Waals surface area contributed by atoms with Gasteiger partial charge in [-0.1, -0.05) is 6.42 Å². The van der Waals surface area contributed by atoms with Gasteiger partial charge >= 0.3 is 0 Å². The maximum Gasteiger partial charge on any atom is 0.226 e. The summed E-state index contributed by atoms with van der Waals surface area (Å²) in [5.74, 6) is 0.0384. The van der Waals surface area contributed by atoms with E-state index in [-0.39, 0.29) is 29.8 Å². The van der Waals surface area contributed by atoms with Gasteiger partial charge in [0.05, 0.1) is 6.10 Å². The molecule has 0 aromatic rings. The lowest BCUT2D eigenvalue weighted by molar-refractivity contribution is -0.139. The first-order valence-electron chi connectivity index (χ1n) is 6.77. The van der Waals surface area contributed by atoms with Gasteiger partial charge in [0.25, 0.3) is 0 Å². The third-order valence-corrected chi connectivity index (χ3v) is 4.10. The van der Waals surface area contributed by atoms with Crippen molar-refractivity contribution in [3.05, 3.63) is 0 Å². The number of carbonyl (C=O) groups is 2. The van der Waals surface area contributed by atoms with E-state index in [0.29, 0.717) is 19.5 Å². The maximum atomic E-state index is 12.2. The fourth-order valence-electron chi connectivity index (χ4n) is 2.98. The van der Waals surface area contributed by atoms with Crippen LogP contribution in [0.4, 0.5) is 0 Å². The van der Waals surface area contributed by atoms with E-state index in [1.807, 2.05) is 0 Å². The standard InChI is InChI=1S/C13H22N2O3/c1-15(8-10-3-2-4-11(10)16)13(18)9-5-6-14-12(17)7-9/h9-11,16H,2-8H2,1H3,(H,14,17). The Morgan fingerprint density at radius 1 is 1.44 bits per heavy atom. The molecule has 1 saturated heterocycles. The Morgan fingerprint density at radius 3 is 2.83 bits per heavy atom. The number of aliphatic hydroxyl groups is 1. The van der Waals surface area contributed by atoms with E-state index in [4.69, 9.17) is 0 Å². The highest BCUT2D eigenvalue weighted by Crippen LogP contribution is 2.26. The van der Waals surface area contributed by atoms with Crippen LogP contribution >= 0.6 is 0 Å². The molecule has 0 aromatic carbocycles. The molecule has 1 heterocycles. The van der Waals surface area contributed by atoms with Crippen LogP contribution < -0.4 is 5.32 Å². The van der Waals surface area contributed by atoms with Crippen molar-refractivity contribution in [2.75, 3.05) is 20.1 Å². The first kappa shape index (κ1) is 13.3. The van der Waals surface area contributed by atoms with Gasteiger partial charge in [-0.2, -0.15) is 0 Å². The van der Waals surface area contributed by atoms with E-state index in [2.05, 4.69) is 5.32 Å². The molecule has 2 rings (SSSR count). The predicted molar refractivity (Wildman–Crippen MR) is 66.7 cm³/mol. The van der Waals surface area contributed by atoms with Crippen molar-refractivity contribution in [2.45, 2.75) is 38.2 Å². The minimum atomic E-state index is -0.269. The van der Waals surface area contributed by atoms with Crippen LogP contribution in [0.25, 0.3) is 0 Å². The number of aliphatic hydroxyl groups excluding tert-OH is 1. The van der Waals surface area contributed by atoms with Crippen molar-refractivity contribution >= 4 is 11.8 Å². The van der Waals surface area contributed by atoms with Crippen molar-refractivity contribution in [2.24, 2.45) is 11.8 Å². The molecule has 3 atom stereocenters. The average Bonchev–Trinajstić information content (AvgIpc) is 2.74. The number of rotatable bonds is 3. The maximum absolute atomic E-state index is 12.2. The Kier molecular flexibility index (Phi) is 4.22. The number of amides is 2. The monoisotopic (exact) mass is 254 g/mol. The van der Waals surface area contributed by atoms with Crippen molar-refractivity contribution < 1.29 is 14.7 Å². The lowest BCUT2D eigenvalue weighted by Crippen LogP contribution is -2.43. The lowest BCUT2D eigenvalue weighted by atomic mass is 9.95. The second-order valence-corrected chi connectivity index (χ2v) is 5.52. The number of carbonyl (C=O) groups excluding carboxylic acids is 2. The Hall–Kier alpha value is -1.10. The summed E-state index contributed by atoms with van der Waals surface area (Å²) in [6.45, 7) is 1.20. The summed E-state index contributed by atoms with van der Waals surface area (Å²) in [6.07, 6.45) is 3.63. The largest absolute Gasteiger partial charge is 0.393 e. The molecule has 102 valence electrons. The molecular formula is C13H22N2O3. The molecule has 5 heteroatoms. The summed E-state index contributed by atoms with van der Waals surface area (Å²) in [6, 6.07) is 0. The summed E-state index contributed by atoms with van der Waals surface area (Å²) in [4.78, 5) is 25.2. The molecule has 1 aliphatic heterocycles. The number of nitrogens with one attached hydrogen (secondary N) is 1. The van der Waals surface area contributed by atoms with Gasteiger partial charge in [0.2, 0.25) is 11.8 Å². The number of hydrogen-bond acceptors (Lipinski definition) is 3. The summed E-state index contributed by atoms with van der Waals surface area (Å²) < 4.78 is 0. The highest BCUT2D eigenvalue weighted by Gasteiger charge is 2.31. The van der Waals surface area contributed by atoms with Gasteiger partial charge in [-0.15, -0.1) is 0 Å². The summed E-state index contributed by atoms with van der Waals surface area (Å²) in [5.41, 5.74) is 0. The Balaban J connectivity index is 1.85. The number of nitrogens with zero attached hydrogens (tertiary/aromatic N) is 1. The van der Waals surface area contributed by atoms with Gasteiger partial charge in [0.1, 0.15) is 0 Å². The van der Waals surface area contributed by atoms with E-state index in [1.54, 1.807) is 11.9 Å². The van der Waals surface area contributed by atoms with Crippen molar-refractivity contribution in [1.82, 2.24) is 10.2 Å². The minimum absolute atomic E-state index is 0.0334. The summed E-state index contributed by atoms with van der Waals surface area (Å²) >= 11 is 0. The molecule has 1 aliphatic carbocycles. The van der Waals surface area contributed by atoms with Gasteiger partial charge in [-0.05, 0) is 19.3 Å². The predicted octanol–water partition coefficient (Wildman–Crippen LogP) is 0.132. The minimum Gasteiger partial charge on any atom is -0.393 e. The molecule has 18 heavy (non-hydrogen) atoms. The van der Waals surface area contributed by atoms with Gasteiger partial charge in [-0.3, -0.25) is 9.59 Å². The van der Waals surface area contributed by atoms with E-state index in [0.717, 1.165) is 25.7 Å². The molecule has 2 amide bonds. The third kappa shape index (κ3) is 3.02. The van der Waals surface area contributed by atoms with E-state index < -0.39 is 0 Å². The summed E-state index contributed by atoms with van der Waals surface area (Å²) in [7, 11) is 1.78. The first-order valence-corrected chi connectivity index (χ1v) is 6.77. The van der Waals surface area contributed by atoms with Gasteiger partial charge in [0.15, 0.2) is 0 Å². The zero-order valence-electron chi connectivity index (χ0n) is 10.9.